The number of halogens is 2. The summed E-state index contributed by atoms with van der Waals surface area (Å²) >= 11 is 5.84. The largest absolute Gasteiger partial charge is 0.340 e. The Morgan fingerprint density at radius 2 is 2.11 bits per heavy atom. The molecular weight excluding hydrogens is 371 g/mol. The van der Waals surface area contributed by atoms with Crippen molar-refractivity contribution in [3.8, 4) is 11.3 Å². The van der Waals surface area contributed by atoms with E-state index in [4.69, 9.17) is 16.1 Å². The molecule has 1 amide bonds. The molecule has 1 fully saturated rings. The van der Waals surface area contributed by atoms with Gasteiger partial charge >= 0.3 is 0 Å². The highest BCUT2D eigenvalue weighted by Crippen LogP contribution is 2.40. The average Bonchev–Trinajstić information content (AvgIpc) is 3.42. The molecule has 1 saturated carbocycles. The van der Waals surface area contributed by atoms with Crippen molar-refractivity contribution >= 4 is 17.5 Å². The third-order valence-electron chi connectivity index (χ3n) is 4.40. The number of carbonyl (C=O) groups excluding carboxylic acids is 1. The minimum Gasteiger partial charge on any atom is -0.340 e. The van der Waals surface area contributed by atoms with Gasteiger partial charge in [-0.05, 0) is 49.1 Å². The van der Waals surface area contributed by atoms with Crippen molar-refractivity contribution in [1.29, 1.82) is 0 Å². The van der Waals surface area contributed by atoms with E-state index in [9.17, 15) is 9.18 Å². The van der Waals surface area contributed by atoms with Gasteiger partial charge in [-0.25, -0.2) is 9.37 Å². The van der Waals surface area contributed by atoms with E-state index in [0.29, 0.717) is 28.9 Å². The number of aryl methyl sites for hydroxylation is 1. The van der Waals surface area contributed by atoms with Crippen LogP contribution in [0.15, 0.2) is 40.9 Å². The summed E-state index contributed by atoms with van der Waals surface area (Å²) in [4.78, 5) is 21.4. The smallest absolute Gasteiger partial charge is 0.270 e. The molecular formula is C19H16ClFN4O2. The zero-order chi connectivity index (χ0) is 19.0. The third kappa shape index (κ3) is 3.83. The Hall–Kier alpha value is -2.80. The second-order valence-corrected chi connectivity index (χ2v) is 6.90. The molecule has 27 heavy (non-hydrogen) atoms. The molecule has 3 aromatic rings. The molecule has 0 saturated heterocycles. The zero-order valence-electron chi connectivity index (χ0n) is 14.4. The van der Waals surface area contributed by atoms with Crippen molar-refractivity contribution in [2.45, 2.75) is 25.8 Å². The average molecular weight is 387 g/mol. The van der Waals surface area contributed by atoms with Crippen molar-refractivity contribution in [1.82, 2.24) is 20.4 Å². The highest BCUT2D eigenvalue weighted by molar-refractivity contribution is 6.31. The Balaban J connectivity index is 1.57. The fraction of sp³-hybridized carbons (Fsp3) is 0.263. The first-order chi connectivity index (χ1) is 13.0. The first kappa shape index (κ1) is 17.6. The van der Waals surface area contributed by atoms with E-state index in [1.165, 1.54) is 12.1 Å². The summed E-state index contributed by atoms with van der Waals surface area (Å²) in [5.41, 5.74) is 1.41. The monoisotopic (exact) mass is 386 g/mol. The number of nitrogens with one attached hydrogen (secondary N) is 1. The lowest BCUT2D eigenvalue weighted by atomic mass is 10.1. The first-order valence-corrected chi connectivity index (χ1v) is 8.92. The van der Waals surface area contributed by atoms with Crippen LogP contribution in [0.4, 0.5) is 4.39 Å². The van der Waals surface area contributed by atoms with Crippen molar-refractivity contribution in [3.63, 3.8) is 0 Å². The number of rotatable bonds is 5. The van der Waals surface area contributed by atoms with Crippen LogP contribution in [0.1, 0.15) is 41.1 Å². The van der Waals surface area contributed by atoms with Crippen molar-refractivity contribution in [3.05, 3.63) is 64.6 Å². The van der Waals surface area contributed by atoms with E-state index in [1.54, 1.807) is 31.2 Å². The number of benzene rings is 1. The number of aromatic nitrogens is 3. The van der Waals surface area contributed by atoms with Gasteiger partial charge in [0.05, 0.1) is 16.8 Å². The van der Waals surface area contributed by atoms with E-state index in [1.807, 2.05) is 0 Å². The minimum absolute atomic E-state index is 0.00503. The summed E-state index contributed by atoms with van der Waals surface area (Å²) in [6, 6.07) is 9.10. The van der Waals surface area contributed by atoms with Gasteiger partial charge < -0.3 is 9.84 Å². The van der Waals surface area contributed by atoms with E-state index in [-0.39, 0.29) is 22.7 Å². The summed E-state index contributed by atoms with van der Waals surface area (Å²) in [6.45, 7) is 1.71. The third-order valence-corrected chi connectivity index (χ3v) is 4.69. The lowest BCUT2D eigenvalue weighted by Gasteiger charge is -2.14. The lowest BCUT2D eigenvalue weighted by molar-refractivity contribution is 0.0924. The molecule has 0 spiro atoms. The Kier molecular flexibility index (Phi) is 4.61. The van der Waals surface area contributed by atoms with Crippen molar-refractivity contribution in [2.75, 3.05) is 0 Å². The SMILES string of the molecule is Cc1nc(C(NC(=O)c2cccc(-c3ccc(F)c(Cl)c3)n2)C2CC2)no1. The maximum absolute atomic E-state index is 13.4. The lowest BCUT2D eigenvalue weighted by Crippen LogP contribution is -2.31. The van der Waals surface area contributed by atoms with Gasteiger partial charge in [0.15, 0.2) is 5.82 Å². The molecule has 1 unspecified atom stereocenters. The van der Waals surface area contributed by atoms with Crippen LogP contribution < -0.4 is 5.32 Å². The van der Waals surface area contributed by atoms with Gasteiger partial charge in [0.25, 0.3) is 5.91 Å². The molecule has 1 N–H and O–H groups in total. The van der Waals surface area contributed by atoms with Gasteiger partial charge in [-0.15, -0.1) is 0 Å². The summed E-state index contributed by atoms with van der Waals surface area (Å²) in [7, 11) is 0. The van der Waals surface area contributed by atoms with Gasteiger partial charge in [-0.2, -0.15) is 4.98 Å². The second-order valence-electron chi connectivity index (χ2n) is 6.50. The van der Waals surface area contributed by atoms with E-state index in [0.717, 1.165) is 12.8 Å². The predicted octanol–water partition coefficient (Wildman–Crippen LogP) is 4.11. The molecule has 8 heteroatoms. The molecule has 0 radical (unpaired) electrons. The quantitative estimate of drug-likeness (QED) is 0.713. The topological polar surface area (TPSA) is 80.9 Å². The van der Waals surface area contributed by atoms with E-state index in [2.05, 4.69) is 20.4 Å². The first-order valence-electron chi connectivity index (χ1n) is 8.55. The fourth-order valence-corrected chi connectivity index (χ4v) is 3.04. The van der Waals surface area contributed by atoms with Crippen LogP contribution in [-0.4, -0.2) is 21.0 Å². The Bertz CT molecular complexity index is 1000. The van der Waals surface area contributed by atoms with Crippen LogP contribution in [0, 0.1) is 18.7 Å². The van der Waals surface area contributed by atoms with E-state index < -0.39 is 5.82 Å². The van der Waals surface area contributed by atoms with Crippen LogP contribution in [0.3, 0.4) is 0 Å². The molecule has 138 valence electrons. The van der Waals surface area contributed by atoms with Crippen LogP contribution in [0.2, 0.25) is 5.02 Å². The molecule has 4 rings (SSSR count). The minimum atomic E-state index is -0.503. The molecule has 0 bridgehead atoms. The molecule has 1 aliphatic rings. The molecule has 1 aromatic carbocycles. The predicted molar refractivity (Wildman–Crippen MR) is 96.6 cm³/mol. The number of nitrogens with zero attached hydrogens (tertiary/aromatic N) is 3. The highest BCUT2D eigenvalue weighted by atomic mass is 35.5. The van der Waals surface area contributed by atoms with Crippen LogP contribution in [0.5, 0.6) is 0 Å². The summed E-state index contributed by atoms with van der Waals surface area (Å²) in [5, 5.41) is 6.89. The molecule has 1 atom stereocenters. The van der Waals surface area contributed by atoms with Crippen LogP contribution in [0.25, 0.3) is 11.3 Å². The van der Waals surface area contributed by atoms with Gasteiger partial charge in [-0.3, -0.25) is 4.79 Å². The number of pyridine rings is 1. The molecule has 2 aromatic heterocycles. The second kappa shape index (κ2) is 7.08. The van der Waals surface area contributed by atoms with Gasteiger partial charge in [0.2, 0.25) is 5.89 Å². The summed E-state index contributed by atoms with van der Waals surface area (Å²) < 4.78 is 18.4. The number of hydrogen-bond acceptors (Lipinski definition) is 5. The molecule has 6 nitrogen and oxygen atoms in total. The van der Waals surface area contributed by atoms with Crippen molar-refractivity contribution in [2.24, 2.45) is 5.92 Å². The van der Waals surface area contributed by atoms with Gasteiger partial charge in [0.1, 0.15) is 11.5 Å². The fourth-order valence-electron chi connectivity index (χ4n) is 2.86. The molecule has 2 heterocycles. The number of amides is 1. The summed E-state index contributed by atoms with van der Waals surface area (Å²) in [6.07, 6.45) is 2.00. The Labute approximate surface area is 159 Å². The normalized spacial score (nSPS) is 14.8. The van der Waals surface area contributed by atoms with Gasteiger partial charge in [-0.1, -0.05) is 22.8 Å². The summed E-state index contributed by atoms with van der Waals surface area (Å²) in [5.74, 6) is 0.398. The number of carbonyl (C=O) groups is 1. The number of hydrogen-bond donors (Lipinski definition) is 1. The van der Waals surface area contributed by atoms with E-state index >= 15 is 0 Å². The Morgan fingerprint density at radius 1 is 1.30 bits per heavy atom. The zero-order valence-corrected chi connectivity index (χ0v) is 15.2. The maximum Gasteiger partial charge on any atom is 0.270 e. The molecule has 0 aliphatic heterocycles. The highest BCUT2D eigenvalue weighted by Gasteiger charge is 2.36. The standard InChI is InChI=1S/C19H16ClFN4O2/c1-10-22-18(25-27-10)17(11-5-6-11)24-19(26)16-4-2-3-15(23-16)12-7-8-14(21)13(20)9-12/h2-4,7-9,11,17H,5-6H2,1H3,(H,24,26). The maximum atomic E-state index is 13.4. The van der Waals surface area contributed by atoms with Crippen LogP contribution in [-0.2, 0) is 0 Å². The van der Waals surface area contributed by atoms with Crippen molar-refractivity contribution < 1.29 is 13.7 Å². The van der Waals surface area contributed by atoms with Gasteiger partial charge in [0, 0.05) is 12.5 Å². The van der Waals surface area contributed by atoms with Crippen LogP contribution >= 0.6 is 11.6 Å². The molecule has 1 aliphatic carbocycles. The Morgan fingerprint density at radius 3 is 2.78 bits per heavy atom.